The van der Waals surface area contributed by atoms with Crippen LogP contribution in [0.2, 0.25) is 0 Å². The van der Waals surface area contributed by atoms with Crippen molar-refractivity contribution >= 4 is 27.9 Å². The number of carbonyl (C=O) groups is 2. The minimum absolute atomic E-state index is 0.158. The largest absolute Gasteiger partial charge is 0.471 e. The SMILES string of the molecule is COC(=O)c1cc(OC(F)(F)C(F)(Br)OC(F)(F)C(F)(OC(F)(F)C(F)(F)C(F)(F)F)C(F)(F)F)cc(C(=O)OC)c1. The summed E-state index contributed by atoms with van der Waals surface area (Å²) < 4.78 is 223. The van der Waals surface area contributed by atoms with E-state index in [0.29, 0.717) is 20.3 Å². The van der Waals surface area contributed by atoms with Crippen LogP contribution in [0.15, 0.2) is 18.2 Å². The molecule has 242 valence electrons. The molecular formula is C18H9BrF16O7. The number of ether oxygens (including phenoxy) is 5. The van der Waals surface area contributed by atoms with Crippen LogP contribution in [0.5, 0.6) is 5.75 Å². The molecule has 2 unspecified atom stereocenters. The summed E-state index contributed by atoms with van der Waals surface area (Å²) in [4.78, 5) is 23.3. The van der Waals surface area contributed by atoms with Crippen LogP contribution in [0.1, 0.15) is 20.7 Å². The Bertz CT molecular complexity index is 1130. The van der Waals surface area contributed by atoms with Crippen LogP contribution >= 0.6 is 15.9 Å². The van der Waals surface area contributed by atoms with Crippen molar-refractivity contribution in [1.29, 1.82) is 0 Å². The highest BCUT2D eigenvalue weighted by molar-refractivity contribution is 9.10. The Morgan fingerprint density at radius 2 is 1.00 bits per heavy atom. The molecule has 0 bridgehead atoms. The molecule has 0 aliphatic rings. The lowest BCUT2D eigenvalue weighted by Gasteiger charge is -2.40. The Balaban J connectivity index is 3.59. The predicted octanol–water partition coefficient (Wildman–Crippen LogP) is 6.89. The van der Waals surface area contributed by atoms with Crippen molar-refractivity contribution in [3.63, 3.8) is 0 Å². The molecule has 0 fully saturated rings. The van der Waals surface area contributed by atoms with Gasteiger partial charge in [-0.3, -0.25) is 9.47 Å². The first-order chi connectivity index (χ1) is 18.4. The summed E-state index contributed by atoms with van der Waals surface area (Å²) in [6.45, 7) is 0. The van der Waals surface area contributed by atoms with E-state index in [1.807, 2.05) is 0 Å². The number of benzene rings is 1. The standard InChI is InChI=1S/C18H9BrF16O7/c1-38-9(36)6-3-7(10(37)39-2)5-8(4-6)40-18(34,35)13(19,23)42-17(32,33)12(22,15(27,28)29)41-16(30,31)11(20,21)14(24,25)26/h3-5H,1-2H3. The zero-order valence-electron chi connectivity index (χ0n) is 19.5. The van der Waals surface area contributed by atoms with Crippen molar-refractivity contribution in [3.05, 3.63) is 29.3 Å². The normalized spacial score (nSPS) is 16.7. The maximum absolute atomic E-state index is 14.5. The summed E-state index contributed by atoms with van der Waals surface area (Å²) in [5.41, 5.74) is -1.78. The number of methoxy groups -OCH3 is 2. The fraction of sp³-hybridized carbons (Fsp3) is 0.556. The molecule has 0 aliphatic carbocycles. The van der Waals surface area contributed by atoms with E-state index < -0.39 is 76.0 Å². The van der Waals surface area contributed by atoms with Crippen LogP contribution in [-0.2, 0) is 18.9 Å². The van der Waals surface area contributed by atoms with Gasteiger partial charge >= 0.3 is 59.2 Å². The highest BCUT2D eigenvalue weighted by atomic mass is 79.9. The van der Waals surface area contributed by atoms with Crippen LogP contribution in [-0.4, -0.2) is 73.4 Å². The average Bonchev–Trinajstić information content (AvgIpc) is 2.79. The van der Waals surface area contributed by atoms with Crippen LogP contribution in [0.3, 0.4) is 0 Å². The summed E-state index contributed by atoms with van der Waals surface area (Å²) in [6.07, 6.45) is -37.2. The van der Waals surface area contributed by atoms with E-state index in [4.69, 9.17) is 0 Å². The number of rotatable bonds is 11. The summed E-state index contributed by atoms with van der Waals surface area (Å²) in [5.74, 6) is -20.2. The van der Waals surface area contributed by atoms with E-state index >= 15 is 0 Å². The van der Waals surface area contributed by atoms with Gasteiger partial charge in [0.15, 0.2) is 0 Å². The fourth-order valence-electron chi connectivity index (χ4n) is 2.31. The van der Waals surface area contributed by atoms with E-state index in [9.17, 15) is 79.8 Å². The van der Waals surface area contributed by atoms with E-state index in [-0.39, 0.29) is 12.1 Å². The van der Waals surface area contributed by atoms with Crippen molar-refractivity contribution in [1.82, 2.24) is 0 Å². The second kappa shape index (κ2) is 11.4. The molecule has 0 amide bonds. The molecule has 0 saturated carbocycles. The lowest BCUT2D eigenvalue weighted by Crippen LogP contribution is -2.67. The Labute approximate surface area is 228 Å². The van der Waals surface area contributed by atoms with Crippen LogP contribution < -0.4 is 4.74 Å². The van der Waals surface area contributed by atoms with Gasteiger partial charge in [0.05, 0.1) is 25.3 Å². The average molecular weight is 721 g/mol. The molecular weight excluding hydrogens is 712 g/mol. The van der Waals surface area contributed by atoms with Gasteiger partial charge in [-0.05, 0) is 34.1 Å². The van der Waals surface area contributed by atoms with Gasteiger partial charge in [-0.15, -0.1) is 0 Å². The van der Waals surface area contributed by atoms with Crippen LogP contribution in [0.25, 0.3) is 0 Å². The summed E-state index contributed by atoms with van der Waals surface area (Å²) in [5, 5.41) is 0. The predicted molar refractivity (Wildman–Crippen MR) is 100 cm³/mol. The van der Waals surface area contributed by atoms with E-state index in [0.717, 1.165) is 15.9 Å². The van der Waals surface area contributed by atoms with Gasteiger partial charge in [0.2, 0.25) is 0 Å². The minimum Gasteiger partial charge on any atom is -0.465 e. The topological polar surface area (TPSA) is 80.3 Å². The number of esters is 2. The first-order valence-corrected chi connectivity index (χ1v) is 10.3. The van der Waals surface area contributed by atoms with Gasteiger partial charge in [0, 0.05) is 0 Å². The smallest absolute Gasteiger partial charge is 0.465 e. The quantitative estimate of drug-likeness (QED) is 0.140. The van der Waals surface area contributed by atoms with Crippen molar-refractivity contribution < 1.29 is 104 Å². The minimum atomic E-state index is -7.91. The number of hydrogen-bond donors (Lipinski definition) is 0. The van der Waals surface area contributed by atoms with Gasteiger partial charge in [-0.2, -0.15) is 70.2 Å². The second-order valence-electron chi connectivity index (χ2n) is 7.27. The maximum Gasteiger partial charge on any atom is 0.471 e. The molecule has 2 atom stereocenters. The fourth-order valence-corrected chi connectivity index (χ4v) is 2.60. The van der Waals surface area contributed by atoms with Crippen molar-refractivity contribution in [2.24, 2.45) is 0 Å². The molecule has 0 radical (unpaired) electrons. The molecule has 1 rings (SSSR count). The molecule has 0 spiro atoms. The number of carbonyl (C=O) groups excluding carboxylic acids is 2. The third-order valence-corrected chi connectivity index (χ3v) is 4.94. The van der Waals surface area contributed by atoms with E-state index in [2.05, 4.69) is 18.9 Å². The van der Waals surface area contributed by atoms with E-state index in [1.54, 1.807) is 0 Å². The van der Waals surface area contributed by atoms with Crippen molar-refractivity contribution in [2.75, 3.05) is 14.2 Å². The molecule has 24 heteroatoms. The van der Waals surface area contributed by atoms with Crippen LogP contribution in [0, 0.1) is 0 Å². The van der Waals surface area contributed by atoms with Gasteiger partial charge in [0.1, 0.15) is 5.75 Å². The Morgan fingerprint density at radius 3 is 1.33 bits per heavy atom. The van der Waals surface area contributed by atoms with Gasteiger partial charge in [0.25, 0.3) is 0 Å². The Morgan fingerprint density at radius 1 is 0.595 bits per heavy atom. The van der Waals surface area contributed by atoms with Gasteiger partial charge in [-0.25, -0.2) is 9.59 Å². The third-order valence-electron chi connectivity index (χ3n) is 4.32. The first-order valence-electron chi connectivity index (χ1n) is 9.55. The number of halogens is 17. The molecule has 1 aromatic rings. The van der Waals surface area contributed by atoms with Crippen molar-refractivity contribution in [3.8, 4) is 5.75 Å². The van der Waals surface area contributed by atoms with Gasteiger partial charge in [-0.1, -0.05) is 0 Å². The second-order valence-corrected chi connectivity index (χ2v) is 8.29. The molecule has 42 heavy (non-hydrogen) atoms. The molecule has 0 N–H and O–H groups in total. The highest BCUT2D eigenvalue weighted by Crippen LogP contribution is 2.57. The summed E-state index contributed by atoms with van der Waals surface area (Å²) in [7, 11) is 1.40. The van der Waals surface area contributed by atoms with Crippen LogP contribution in [0.4, 0.5) is 70.2 Å². The number of alkyl halides is 17. The van der Waals surface area contributed by atoms with Gasteiger partial charge < -0.3 is 14.2 Å². The third kappa shape index (κ3) is 7.06. The molecule has 0 heterocycles. The Kier molecular flexibility index (Phi) is 10.1. The Hall–Kier alpha value is -2.76. The lowest BCUT2D eigenvalue weighted by atomic mass is 10.1. The number of hydrogen-bond acceptors (Lipinski definition) is 7. The molecule has 0 aromatic heterocycles. The first kappa shape index (κ1) is 37.3. The zero-order valence-corrected chi connectivity index (χ0v) is 21.1. The molecule has 0 aliphatic heterocycles. The van der Waals surface area contributed by atoms with E-state index in [1.165, 1.54) is 4.74 Å². The lowest BCUT2D eigenvalue weighted by molar-refractivity contribution is -0.545. The highest BCUT2D eigenvalue weighted by Gasteiger charge is 2.85. The molecule has 1 aromatic carbocycles. The molecule has 7 nitrogen and oxygen atoms in total. The van der Waals surface area contributed by atoms with Crippen molar-refractivity contribution in [2.45, 2.75) is 47.2 Å². The summed E-state index contributed by atoms with van der Waals surface area (Å²) >= 11 is 0.897. The maximum atomic E-state index is 14.5. The molecule has 0 saturated heterocycles. The summed E-state index contributed by atoms with van der Waals surface area (Å²) in [6, 6.07) is 0.885. The zero-order chi connectivity index (χ0) is 33.5. The monoisotopic (exact) mass is 720 g/mol.